The zero-order chi connectivity index (χ0) is 37.0. The molecule has 3 heterocycles. The maximum Gasteiger partial charge on any atom is 0.164 e. The Hall–Kier alpha value is -7.63. The molecule has 5 nitrogen and oxygen atoms in total. The maximum atomic E-state index is 5.18. The summed E-state index contributed by atoms with van der Waals surface area (Å²) in [6, 6.07) is 70.3. The topological polar surface area (TPSA) is 48.5 Å². The molecule has 11 aromatic rings. The summed E-state index contributed by atoms with van der Waals surface area (Å²) in [5.74, 6) is 1.89. The Morgan fingerprint density at radius 1 is 0.250 bits per heavy atom. The SMILES string of the molecule is c1ccc(-c2nc(-c3cccc(-c4cccc(-n5c6ccccc6c6ccccc65)c4)c3)nc(-c3ccc4c(c3)c3ccccc3n4-c3ccccc3)n2)cc1. The molecule has 8 aromatic carbocycles. The number of benzene rings is 8. The van der Waals surface area contributed by atoms with Crippen LogP contribution in [0.4, 0.5) is 0 Å². The molecule has 0 radical (unpaired) electrons. The first-order valence-electron chi connectivity index (χ1n) is 18.9. The van der Waals surface area contributed by atoms with Crippen molar-refractivity contribution in [3.8, 4) is 56.7 Å². The predicted molar refractivity (Wildman–Crippen MR) is 230 cm³/mol. The van der Waals surface area contributed by atoms with Crippen LogP contribution in [0, 0.1) is 0 Å². The van der Waals surface area contributed by atoms with E-state index >= 15 is 0 Å². The smallest absolute Gasteiger partial charge is 0.164 e. The number of nitrogens with zero attached hydrogens (tertiary/aromatic N) is 5. The molecule has 0 amide bonds. The molecule has 56 heavy (non-hydrogen) atoms. The molecule has 0 unspecified atom stereocenters. The number of hydrogen-bond donors (Lipinski definition) is 0. The van der Waals surface area contributed by atoms with E-state index < -0.39 is 0 Å². The number of aromatic nitrogens is 5. The minimum absolute atomic E-state index is 0.626. The van der Waals surface area contributed by atoms with Crippen molar-refractivity contribution < 1.29 is 0 Å². The van der Waals surface area contributed by atoms with E-state index in [1.54, 1.807) is 0 Å². The van der Waals surface area contributed by atoms with Gasteiger partial charge in [0, 0.05) is 49.6 Å². The molecule has 0 atom stereocenters. The zero-order valence-corrected chi connectivity index (χ0v) is 30.3. The van der Waals surface area contributed by atoms with Crippen LogP contribution < -0.4 is 0 Å². The van der Waals surface area contributed by atoms with Crippen molar-refractivity contribution in [3.63, 3.8) is 0 Å². The van der Waals surface area contributed by atoms with E-state index in [1.807, 2.05) is 18.2 Å². The molecule has 11 rings (SSSR count). The van der Waals surface area contributed by atoms with Gasteiger partial charge in [-0.05, 0) is 77.9 Å². The standard InChI is InChI=1S/C51H33N5/c1-3-15-34(16-4-1)49-52-50(54-51(53-49)38-29-30-48-44(33-38)43-25-9-12-28-47(43)55(48)39-20-5-2-6-21-39)37-19-13-17-35(31-37)36-18-14-22-40(32-36)56-45-26-10-7-23-41(45)42-24-8-11-27-46(42)56/h1-33H. The molecule has 0 saturated carbocycles. The second kappa shape index (κ2) is 13.0. The van der Waals surface area contributed by atoms with Crippen LogP contribution >= 0.6 is 0 Å². The average Bonchev–Trinajstić information content (AvgIpc) is 3.80. The van der Waals surface area contributed by atoms with Crippen LogP contribution in [-0.2, 0) is 0 Å². The molecule has 0 aliphatic heterocycles. The second-order valence-electron chi connectivity index (χ2n) is 14.1. The molecule has 0 aliphatic rings. The van der Waals surface area contributed by atoms with Crippen molar-refractivity contribution in [2.75, 3.05) is 0 Å². The average molecular weight is 716 g/mol. The van der Waals surface area contributed by atoms with Crippen LogP contribution in [0.3, 0.4) is 0 Å². The van der Waals surface area contributed by atoms with Crippen molar-refractivity contribution in [2.45, 2.75) is 0 Å². The molecule has 0 bridgehead atoms. The fourth-order valence-corrected chi connectivity index (χ4v) is 8.18. The highest BCUT2D eigenvalue weighted by molar-refractivity contribution is 6.11. The summed E-state index contributed by atoms with van der Waals surface area (Å²) in [5.41, 5.74) is 11.9. The molecule has 262 valence electrons. The van der Waals surface area contributed by atoms with Gasteiger partial charge in [0.15, 0.2) is 17.5 Å². The van der Waals surface area contributed by atoms with Crippen LogP contribution in [0.25, 0.3) is 100 Å². The first-order valence-corrected chi connectivity index (χ1v) is 18.9. The quantitative estimate of drug-likeness (QED) is 0.172. The third kappa shape index (κ3) is 5.29. The number of hydrogen-bond acceptors (Lipinski definition) is 3. The molecule has 0 spiro atoms. The summed E-state index contributed by atoms with van der Waals surface area (Å²) in [6.07, 6.45) is 0. The lowest BCUT2D eigenvalue weighted by Gasteiger charge is -2.12. The zero-order valence-electron chi connectivity index (χ0n) is 30.3. The van der Waals surface area contributed by atoms with E-state index in [2.05, 4.69) is 191 Å². The fourth-order valence-electron chi connectivity index (χ4n) is 8.18. The van der Waals surface area contributed by atoms with Crippen LogP contribution in [0.5, 0.6) is 0 Å². The van der Waals surface area contributed by atoms with Gasteiger partial charge in [-0.3, -0.25) is 0 Å². The molecule has 0 aliphatic carbocycles. The van der Waals surface area contributed by atoms with Gasteiger partial charge in [-0.25, -0.2) is 15.0 Å². The normalized spacial score (nSPS) is 11.6. The Bertz CT molecular complexity index is 3200. The van der Waals surface area contributed by atoms with Gasteiger partial charge in [-0.15, -0.1) is 0 Å². The summed E-state index contributed by atoms with van der Waals surface area (Å²) in [5, 5.41) is 4.82. The summed E-state index contributed by atoms with van der Waals surface area (Å²) in [6.45, 7) is 0. The van der Waals surface area contributed by atoms with E-state index in [0.29, 0.717) is 17.5 Å². The van der Waals surface area contributed by atoms with E-state index in [0.717, 1.165) is 55.6 Å². The van der Waals surface area contributed by atoms with Gasteiger partial charge in [0.25, 0.3) is 0 Å². The Morgan fingerprint density at radius 2 is 0.661 bits per heavy atom. The Balaban J connectivity index is 1.04. The van der Waals surface area contributed by atoms with Gasteiger partial charge in [-0.1, -0.05) is 133 Å². The Morgan fingerprint density at radius 3 is 1.30 bits per heavy atom. The van der Waals surface area contributed by atoms with E-state index in [9.17, 15) is 0 Å². The fraction of sp³-hybridized carbons (Fsp3) is 0. The lowest BCUT2D eigenvalue weighted by Crippen LogP contribution is -2.00. The third-order valence-corrected chi connectivity index (χ3v) is 10.8. The van der Waals surface area contributed by atoms with Gasteiger partial charge >= 0.3 is 0 Å². The molecular weight excluding hydrogens is 683 g/mol. The summed E-state index contributed by atoms with van der Waals surface area (Å²) < 4.78 is 4.68. The van der Waals surface area contributed by atoms with Crippen LogP contribution in [-0.4, -0.2) is 24.1 Å². The van der Waals surface area contributed by atoms with Crippen molar-refractivity contribution in [1.82, 2.24) is 24.1 Å². The van der Waals surface area contributed by atoms with Gasteiger partial charge in [0.05, 0.1) is 22.1 Å². The first-order chi connectivity index (χ1) is 27.8. The molecule has 5 heteroatoms. The van der Waals surface area contributed by atoms with Gasteiger partial charge in [0.1, 0.15) is 0 Å². The summed E-state index contributed by atoms with van der Waals surface area (Å²) >= 11 is 0. The highest BCUT2D eigenvalue weighted by Gasteiger charge is 2.17. The van der Waals surface area contributed by atoms with E-state index in [1.165, 1.54) is 27.2 Å². The molecule has 0 fully saturated rings. The molecule has 3 aromatic heterocycles. The minimum atomic E-state index is 0.626. The minimum Gasteiger partial charge on any atom is -0.309 e. The number of rotatable bonds is 6. The van der Waals surface area contributed by atoms with E-state index in [4.69, 9.17) is 15.0 Å². The highest BCUT2D eigenvalue weighted by Crippen LogP contribution is 2.37. The monoisotopic (exact) mass is 715 g/mol. The second-order valence-corrected chi connectivity index (χ2v) is 14.1. The Kier molecular flexibility index (Phi) is 7.42. The molecule has 0 N–H and O–H groups in total. The van der Waals surface area contributed by atoms with Crippen molar-refractivity contribution >= 4 is 43.6 Å². The third-order valence-electron chi connectivity index (χ3n) is 10.8. The van der Waals surface area contributed by atoms with E-state index in [-0.39, 0.29) is 0 Å². The van der Waals surface area contributed by atoms with Crippen LogP contribution in [0.2, 0.25) is 0 Å². The summed E-state index contributed by atoms with van der Waals surface area (Å²) in [7, 11) is 0. The van der Waals surface area contributed by atoms with Crippen molar-refractivity contribution in [1.29, 1.82) is 0 Å². The highest BCUT2D eigenvalue weighted by atomic mass is 15.0. The van der Waals surface area contributed by atoms with Crippen LogP contribution in [0.1, 0.15) is 0 Å². The lowest BCUT2D eigenvalue weighted by atomic mass is 10.0. The summed E-state index contributed by atoms with van der Waals surface area (Å²) in [4.78, 5) is 15.4. The van der Waals surface area contributed by atoms with Crippen molar-refractivity contribution in [3.05, 3.63) is 200 Å². The maximum absolute atomic E-state index is 5.18. The molecule has 0 saturated heterocycles. The van der Waals surface area contributed by atoms with Gasteiger partial charge in [0.2, 0.25) is 0 Å². The number of fused-ring (bicyclic) bond motifs is 6. The first kappa shape index (κ1) is 31.9. The van der Waals surface area contributed by atoms with Gasteiger partial charge < -0.3 is 9.13 Å². The predicted octanol–water partition coefficient (Wildman–Crippen LogP) is 12.7. The molecular formula is C51H33N5. The van der Waals surface area contributed by atoms with Crippen molar-refractivity contribution in [2.24, 2.45) is 0 Å². The lowest BCUT2D eigenvalue weighted by molar-refractivity contribution is 1.07. The largest absolute Gasteiger partial charge is 0.309 e. The number of para-hydroxylation sites is 4. The van der Waals surface area contributed by atoms with Gasteiger partial charge in [-0.2, -0.15) is 0 Å². The Labute approximate surface area is 323 Å². The van der Waals surface area contributed by atoms with Crippen LogP contribution in [0.15, 0.2) is 200 Å².